The second-order valence-electron chi connectivity index (χ2n) is 5.98. The molecule has 0 aliphatic carbocycles. The molecule has 0 amide bonds. The van der Waals surface area contributed by atoms with E-state index in [4.69, 9.17) is 11.5 Å². The van der Waals surface area contributed by atoms with Crippen LogP contribution in [0.5, 0.6) is 0 Å². The van der Waals surface area contributed by atoms with Crippen LogP contribution in [0.25, 0.3) is 0 Å². The first-order valence-corrected chi connectivity index (χ1v) is 10.4. The van der Waals surface area contributed by atoms with Crippen molar-refractivity contribution in [3.8, 4) is 0 Å². The van der Waals surface area contributed by atoms with Crippen LogP contribution >= 0.6 is 12.6 Å². The SMILES string of the molecule is CCCS.NCCCCNCCCCCCCNCCCCN. The number of thiol groups is 1. The second-order valence-corrected chi connectivity index (χ2v) is 6.43. The van der Waals surface area contributed by atoms with E-state index in [1.807, 2.05) is 0 Å². The fourth-order valence-electron chi connectivity index (χ4n) is 2.07. The number of rotatable bonds is 17. The van der Waals surface area contributed by atoms with Crippen molar-refractivity contribution in [2.75, 3.05) is 45.0 Å². The maximum atomic E-state index is 5.44. The number of nitrogens with two attached hydrogens (primary N) is 2. The summed E-state index contributed by atoms with van der Waals surface area (Å²) in [5.41, 5.74) is 10.9. The van der Waals surface area contributed by atoms with Crippen LogP contribution in [-0.2, 0) is 0 Å². The Morgan fingerprint density at radius 2 is 0.913 bits per heavy atom. The molecule has 142 valence electrons. The van der Waals surface area contributed by atoms with Gasteiger partial charge in [0.05, 0.1) is 0 Å². The zero-order chi connectivity index (χ0) is 17.4. The van der Waals surface area contributed by atoms with Crippen LogP contribution in [0.3, 0.4) is 0 Å². The van der Waals surface area contributed by atoms with E-state index in [1.165, 1.54) is 64.5 Å². The Balaban J connectivity index is 0. The molecule has 23 heavy (non-hydrogen) atoms. The molecule has 5 heteroatoms. The van der Waals surface area contributed by atoms with Gasteiger partial charge in [-0.25, -0.2) is 0 Å². The van der Waals surface area contributed by atoms with Gasteiger partial charge in [-0.3, -0.25) is 0 Å². The molecule has 0 aromatic rings. The highest BCUT2D eigenvalue weighted by molar-refractivity contribution is 7.80. The van der Waals surface area contributed by atoms with Crippen molar-refractivity contribution in [3.05, 3.63) is 0 Å². The summed E-state index contributed by atoms with van der Waals surface area (Å²) in [7, 11) is 0. The molecule has 0 fully saturated rings. The van der Waals surface area contributed by atoms with Gasteiger partial charge in [-0.05, 0) is 90.0 Å². The van der Waals surface area contributed by atoms with Crippen molar-refractivity contribution in [1.29, 1.82) is 0 Å². The standard InChI is InChI=1S/C15H36N4.C3H8S/c16-10-4-8-14-18-12-6-2-1-3-7-13-19-15-9-5-11-17;1-2-3-4/h18-19H,1-17H2;4H,2-3H2,1H3. The number of hydrogen-bond donors (Lipinski definition) is 5. The second kappa shape index (κ2) is 27.1. The summed E-state index contributed by atoms with van der Waals surface area (Å²) in [5.74, 6) is 1.01. The average Bonchev–Trinajstić information content (AvgIpc) is 2.58. The van der Waals surface area contributed by atoms with E-state index in [0.29, 0.717) is 0 Å². The molecule has 0 saturated carbocycles. The molecule has 6 N–H and O–H groups in total. The monoisotopic (exact) mass is 348 g/mol. The molecule has 4 nitrogen and oxygen atoms in total. The third kappa shape index (κ3) is 30.6. The lowest BCUT2D eigenvalue weighted by molar-refractivity contribution is 0.543. The summed E-state index contributed by atoms with van der Waals surface area (Å²) in [6, 6.07) is 0. The van der Waals surface area contributed by atoms with Crippen LogP contribution < -0.4 is 22.1 Å². The van der Waals surface area contributed by atoms with E-state index in [-0.39, 0.29) is 0 Å². The Kier molecular flexibility index (Phi) is 29.9. The van der Waals surface area contributed by atoms with Gasteiger partial charge in [0.1, 0.15) is 0 Å². The third-order valence-electron chi connectivity index (χ3n) is 3.55. The van der Waals surface area contributed by atoms with Gasteiger partial charge in [-0.2, -0.15) is 12.6 Å². The minimum absolute atomic E-state index is 0.821. The van der Waals surface area contributed by atoms with Crippen LogP contribution in [0, 0.1) is 0 Å². The topological polar surface area (TPSA) is 76.1 Å². The summed E-state index contributed by atoms with van der Waals surface area (Å²) < 4.78 is 0. The summed E-state index contributed by atoms with van der Waals surface area (Å²) >= 11 is 3.92. The molecule has 0 heterocycles. The minimum atomic E-state index is 0.821. The number of nitrogens with one attached hydrogen (secondary N) is 2. The van der Waals surface area contributed by atoms with Crippen molar-refractivity contribution in [2.45, 2.75) is 71.1 Å². The van der Waals surface area contributed by atoms with E-state index < -0.39 is 0 Å². The zero-order valence-electron chi connectivity index (χ0n) is 15.6. The Morgan fingerprint density at radius 3 is 1.22 bits per heavy atom. The number of unbranched alkanes of at least 4 members (excludes halogenated alkanes) is 6. The van der Waals surface area contributed by atoms with E-state index >= 15 is 0 Å². The molecule has 0 saturated heterocycles. The normalized spacial score (nSPS) is 10.4. The molecular formula is C18H44N4S. The molecule has 0 bridgehead atoms. The Labute approximate surface area is 151 Å². The molecule has 0 aromatic carbocycles. The van der Waals surface area contributed by atoms with Crippen LogP contribution in [-0.4, -0.2) is 45.0 Å². The van der Waals surface area contributed by atoms with Crippen LogP contribution in [0.15, 0.2) is 0 Å². The van der Waals surface area contributed by atoms with Crippen molar-refractivity contribution < 1.29 is 0 Å². The molecule has 0 unspecified atom stereocenters. The van der Waals surface area contributed by atoms with Gasteiger partial charge >= 0.3 is 0 Å². The molecule has 0 radical (unpaired) electrons. The van der Waals surface area contributed by atoms with Gasteiger partial charge in [0.2, 0.25) is 0 Å². The van der Waals surface area contributed by atoms with Crippen LogP contribution in [0.4, 0.5) is 0 Å². The molecule has 0 atom stereocenters. The van der Waals surface area contributed by atoms with Gasteiger partial charge in [-0.15, -0.1) is 0 Å². The van der Waals surface area contributed by atoms with Gasteiger partial charge in [0.15, 0.2) is 0 Å². The lowest BCUT2D eigenvalue weighted by Gasteiger charge is -2.05. The quantitative estimate of drug-likeness (QED) is 0.207. The molecular weight excluding hydrogens is 304 g/mol. The van der Waals surface area contributed by atoms with Crippen molar-refractivity contribution >= 4 is 12.6 Å². The maximum absolute atomic E-state index is 5.44. The van der Waals surface area contributed by atoms with Gasteiger partial charge in [0.25, 0.3) is 0 Å². The largest absolute Gasteiger partial charge is 0.330 e. The first-order valence-electron chi connectivity index (χ1n) is 9.75. The van der Waals surface area contributed by atoms with Gasteiger partial charge < -0.3 is 22.1 Å². The fraction of sp³-hybridized carbons (Fsp3) is 1.00. The first-order chi connectivity index (χ1) is 11.3. The Bertz CT molecular complexity index is 164. The molecule has 0 spiro atoms. The van der Waals surface area contributed by atoms with E-state index in [2.05, 4.69) is 30.2 Å². The molecule has 0 aromatic heterocycles. The molecule has 0 rings (SSSR count). The maximum Gasteiger partial charge on any atom is -0.00484 e. The van der Waals surface area contributed by atoms with Crippen LogP contribution in [0.2, 0.25) is 0 Å². The lowest BCUT2D eigenvalue weighted by atomic mass is 10.1. The molecule has 0 aliphatic heterocycles. The first kappa shape index (κ1) is 25.4. The Morgan fingerprint density at radius 1 is 0.609 bits per heavy atom. The van der Waals surface area contributed by atoms with Crippen LogP contribution in [0.1, 0.15) is 71.1 Å². The van der Waals surface area contributed by atoms with Crippen molar-refractivity contribution in [3.63, 3.8) is 0 Å². The molecule has 0 aliphatic rings. The zero-order valence-corrected chi connectivity index (χ0v) is 16.5. The van der Waals surface area contributed by atoms with Gasteiger partial charge in [0, 0.05) is 0 Å². The van der Waals surface area contributed by atoms with E-state index in [9.17, 15) is 0 Å². The highest BCUT2D eigenvalue weighted by Crippen LogP contribution is 2.01. The minimum Gasteiger partial charge on any atom is -0.330 e. The predicted molar refractivity (Wildman–Crippen MR) is 110 cm³/mol. The summed E-state index contributed by atoms with van der Waals surface area (Å²) in [5, 5.41) is 6.95. The third-order valence-corrected chi connectivity index (χ3v) is 3.99. The van der Waals surface area contributed by atoms with E-state index in [0.717, 1.165) is 44.8 Å². The van der Waals surface area contributed by atoms with Crippen molar-refractivity contribution in [2.24, 2.45) is 11.5 Å². The predicted octanol–water partition coefficient (Wildman–Crippen LogP) is 2.92. The Hall–Kier alpha value is 0.190. The van der Waals surface area contributed by atoms with Crippen molar-refractivity contribution in [1.82, 2.24) is 10.6 Å². The fourth-order valence-corrected chi connectivity index (χ4v) is 2.07. The summed E-state index contributed by atoms with van der Waals surface area (Å²) in [6.07, 6.45) is 12.6. The summed E-state index contributed by atoms with van der Waals surface area (Å²) in [4.78, 5) is 0. The van der Waals surface area contributed by atoms with Gasteiger partial charge in [-0.1, -0.05) is 26.2 Å². The van der Waals surface area contributed by atoms with E-state index in [1.54, 1.807) is 0 Å². The number of hydrogen-bond acceptors (Lipinski definition) is 5. The summed E-state index contributed by atoms with van der Waals surface area (Å²) in [6.45, 7) is 8.34. The highest BCUT2D eigenvalue weighted by Gasteiger charge is 1.92. The highest BCUT2D eigenvalue weighted by atomic mass is 32.1. The average molecular weight is 349 g/mol. The smallest absolute Gasteiger partial charge is 0.00484 e. The lowest BCUT2D eigenvalue weighted by Crippen LogP contribution is -2.18.